The van der Waals surface area contributed by atoms with Crippen molar-refractivity contribution in [3.8, 4) is 0 Å². The smallest absolute Gasteiger partial charge is 0.414 e. The average molecular weight is 572 g/mol. The molecule has 4 N–H and O–H groups in total. The second-order valence-corrected chi connectivity index (χ2v) is 9.87. The zero-order chi connectivity index (χ0) is 30.2. The fraction of sp³-hybridized carbons (Fsp3) is 0.423. The van der Waals surface area contributed by atoms with Crippen molar-refractivity contribution in [1.29, 1.82) is 0 Å². The molecule has 0 spiro atoms. The molecule has 1 atom stereocenters. The highest BCUT2D eigenvalue weighted by molar-refractivity contribution is 5.86. The first-order chi connectivity index (χ1) is 19.4. The molecule has 0 saturated carbocycles. The quantitative estimate of drug-likeness (QED) is 0.218. The molecule has 0 aliphatic rings. The summed E-state index contributed by atoms with van der Waals surface area (Å²) in [4.78, 5) is 74.3. The molecule has 220 valence electrons. The molecule has 15 nitrogen and oxygen atoms in total. The van der Waals surface area contributed by atoms with E-state index in [9.17, 15) is 24.0 Å². The highest BCUT2D eigenvalue weighted by Crippen LogP contribution is 2.12. The second kappa shape index (κ2) is 13.5. The van der Waals surface area contributed by atoms with Gasteiger partial charge in [-0.1, -0.05) is 30.3 Å². The molecule has 0 fully saturated rings. The number of H-pyrrole nitrogens is 1. The molecule has 0 aliphatic carbocycles. The van der Waals surface area contributed by atoms with E-state index in [0.29, 0.717) is 0 Å². The number of benzene rings is 1. The minimum atomic E-state index is -1.24. The Labute approximate surface area is 235 Å². The summed E-state index contributed by atoms with van der Waals surface area (Å²) in [5.41, 5.74) is 5.14. The van der Waals surface area contributed by atoms with Gasteiger partial charge < -0.3 is 29.4 Å². The monoisotopic (exact) mass is 571 g/mol. The number of amides is 2. The van der Waals surface area contributed by atoms with E-state index in [-0.39, 0.29) is 36.9 Å². The number of imidazole rings is 1. The molecule has 0 radical (unpaired) electrons. The minimum Gasteiger partial charge on any atom is -0.465 e. The number of nitrogens with two attached hydrogens (primary N) is 1. The number of nitrogens with zero attached hydrogens (tertiary/aromatic N) is 4. The van der Waals surface area contributed by atoms with Crippen LogP contribution < -0.4 is 16.6 Å². The van der Waals surface area contributed by atoms with Crippen molar-refractivity contribution in [1.82, 2.24) is 24.4 Å². The van der Waals surface area contributed by atoms with Crippen molar-refractivity contribution in [2.24, 2.45) is 5.73 Å². The van der Waals surface area contributed by atoms with E-state index in [1.807, 2.05) is 6.07 Å². The molecule has 2 heterocycles. The van der Waals surface area contributed by atoms with Crippen molar-refractivity contribution in [3.63, 3.8) is 0 Å². The SMILES string of the molecule is CCOC(=O)CN(CC(N)C(=O)OC(C)(C)C)C(=O)Cn1cnc2c(=O)[nH]c(NC(=O)OCc3ccccc3)nc21. The van der Waals surface area contributed by atoms with Gasteiger partial charge in [0.2, 0.25) is 11.9 Å². The lowest BCUT2D eigenvalue weighted by Gasteiger charge is -2.27. The maximum atomic E-state index is 13.3. The molecule has 0 aliphatic heterocycles. The Bertz CT molecular complexity index is 1450. The van der Waals surface area contributed by atoms with Crippen molar-refractivity contribution < 1.29 is 33.4 Å². The Kier molecular flexibility index (Phi) is 10.1. The minimum absolute atomic E-state index is 0.00663. The molecule has 2 aromatic heterocycles. The highest BCUT2D eigenvalue weighted by Gasteiger charge is 2.28. The van der Waals surface area contributed by atoms with E-state index < -0.39 is 54.2 Å². The summed E-state index contributed by atoms with van der Waals surface area (Å²) in [5.74, 6) is -2.33. The van der Waals surface area contributed by atoms with Crippen LogP contribution in [0.25, 0.3) is 11.2 Å². The van der Waals surface area contributed by atoms with Crippen molar-refractivity contribution >= 4 is 41.1 Å². The molecule has 3 rings (SSSR count). The van der Waals surface area contributed by atoms with E-state index in [1.165, 1.54) is 10.9 Å². The van der Waals surface area contributed by atoms with Crippen LogP contribution in [0, 0.1) is 0 Å². The molecule has 41 heavy (non-hydrogen) atoms. The summed E-state index contributed by atoms with van der Waals surface area (Å²) < 4.78 is 16.6. The van der Waals surface area contributed by atoms with Crippen LogP contribution in [0.15, 0.2) is 41.5 Å². The maximum Gasteiger partial charge on any atom is 0.414 e. The number of hydrogen-bond donors (Lipinski definition) is 3. The number of anilines is 1. The third-order valence-electron chi connectivity index (χ3n) is 5.32. The predicted octanol–water partition coefficient (Wildman–Crippen LogP) is 0.929. The van der Waals surface area contributed by atoms with Crippen LogP contribution in [0.2, 0.25) is 0 Å². The summed E-state index contributed by atoms with van der Waals surface area (Å²) in [6, 6.07) is 7.73. The van der Waals surface area contributed by atoms with Crippen LogP contribution >= 0.6 is 0 Å². The van der Waals surface area contributed by atoms with E-state index in [1.54, 1.807) is 52.0 Å². The highest BCUT2D eigenvalue weighted by atomic mass is 16.6. The number of rotatable bonds is 11. The molecule has 15 heteroatoms. The fourth-order valence-corrected chi connectivity index (χ4v) is 3.54. The van der Waals surface area contributed by atoms with Gasteiger partial charge in [0.25, 0.3) is 5.56 Å². The van der Waals surface area contributed by atoms with Crippen LogP contribution in [-0.2, 0) is 41.7 Å². The number of carbonyl (C=O) groups excluding carboxylic acids is 4. The third kappa shape index (κ3) is 9.13. The summed E-state index contributed by atoms with van der Waals surface area (Å²) in [6.45, 7) is 5.45. The summed E-state index contributed by atoms with van der Waals surface area (Å²) in [7, 11) is 0. The number of fused-ring (bicyclic) bond motifs is 1. The lowest BCUT2D eigenvalue weighted by molar-refractivity contribution is -0.158. The Hall–Kier alpha value is -4.79. The van der Waals surface area contributed by atoms with E-state index in [4.69, 9.17) is 19.9 Å². The van der Waals surface area contributed by atoms with E-state index in [0.717, 1.165) is 10.5 Å². The number of aromatic amines is 1. The zero-order valence-electron chi connectivity index (χ0n) is 23.2. The summed E-state index contributed by atoms with van der Waals surface area (Å²) in [6.07, 6.45) is 0.341. The molecule has 0 bridgehead atoms. The van der Waals surface area contributed by atoms with Gasteiger partial charge >= 0.3 is 18.0 Å². The van der Waals surface area contributed by atoms with Gasteiger partial charge in [0.05, 0.1) is 12.9 Å². The molecular formula is C26H33N7O8. The Morgan fingerprint density at radius 1 is 1.15 bits per heavy atom. The second-order valence-electron chi connectivity index (χ2n) is 9.87. The topological polar surface area (TPSA) is 201 Å². The van der Waals surface area contributed by atoms with Gasteiger partial charge in [-0.2, -0.15) is 4.98 Å². The van der Waals surface area contributed by atoms with Crippen molar-refractivity contribution in [3.05, 3.63) is 52.6 Å². The van der Waals surface area contributed by atoms with E-state index in [2.05, 4.69) is 20.3 Å². The number of carbonyl (C=O) groups is 4. The number of ether oxygens (including phenoxy) is 3. The summed E-state index contributed by atoms with van der Waals surface area (Å²) >= 11 is 0. The van der Waals surface area contributed by atoms with Crippen LogP contribution in [0.5, 0.6) is 0 Å². The van der Waals surface area contributed by atoms with Gasteiger partial charge in [-0.3, -0.25) is 29.5 Å². The Balaban J connectivity index is 1.76. The third-order valence-corrected chi connectivity index (χ3v) is 5.32. The van der Waals surface area contributed by atoms with Crippen LogP contribution in [0.3, 0.4) is 0 Å². The molecule has 1 unspecified atom stereocenters. The van der Waals surface area contributed by atoms with E-state index >= 15 is 0 Å². The standard InChI is InChI=1S/C26H33N7O8/c1-5-39-19(35)13-32(11-17(27)23(37)41-26(2,3)4)18(34)12-33-15-28-20-21(33)29-24(30-22(20)36)31-25(38)40-14-16-9-7-6-8-10-16/h6-10,15,17H,5,11-14,27H2,1-4H3,(H2,29,30,31,36,38). The van der Waals surface area contributed by atoms with Crippen LogP contribution in [0.4, 0.5) is 10.7 Å². The molecule has 2 amide bonds. The first kappa shape index (κ1) is 30.7. The average Bonchev–Trinajstić information content (AvgIpc) is 3.29. The largest absolute Gasteiger partial charge is 0.465 e. The lowest BCUT2D eigenvalue weighted by atomic mass is 10.2. The molecule has 0 saturated heterocycles. The normalized spacial score (nSPS) is 11.9. The Morgan fingerprint density at radius 3 is 2.51 bits per heavy atom. The molecule has 1 aromatic carbocycles. The first-order valence-corrected chi connectivity index (χ1v) is 12.7. The first-order valence-electron chi connectivity index (χ1n) is 12.7. The van der Waals surface area contributed by atoms with Gasteiger partial charge in [-0.25, -0.2) is 9.78 Å². The van der Waals surface area contributed by atoms with Crippen molar-refractivity contribution in [2.45, 2.75) is 52.5 Å². The lowest BCUT2D eigenvalue weighted by Crippen LogP contribution is -2.49. The zero-order valence-corrected chi connectivity index (χ0v) is 23.2. The van der Waals surface area contributed by atoms with Gasteiger partial charge in [0.1, 0.15) is 31.3 Å². The van der Waals surface area contributed by atoms with Gasteiger partial charge in [-0.05, 0) is 33.3 Å². The van der Waals surface area contributed by atoms with Gasteiger partial charge in [0.15, 0.2) is 11.2 Å². The van der Waals surface area contributed by atoms with Gasteiger partial charge in [0, 0.05) is 6.54 Å². The van der Waals surface area contributed by atoms with Crippen LogP contribution in [0.1, 0.15) is 33.3 Å². The predicted molar refractivity (Wildman–Crippen MR) is 145 cm³/mol. The number of nitrogens with one attached hydrogen (secondary N) is 2. The van der Waals surface area contributed by atoms with Gasteiger partial charge in [-0.15, -0.1) is 0 Å². The molecular weight excluding hydrogens is 538 g/mol. The molecule has 3 aromatic rings. The maximum absolute atomic E-state index is 13.3. The number of esters is 2. The van der Waals surface area contributed by atoms with Crippen molar-refractivity contribution in [2.75, 3.05) is 25.0 Å². The summed E-state index contributed by atoms with van der Waals surface area (Å²) in [5, 5.41) is 2.34. The number of hydrogen-bond acceptors (Lipinski definition) is 11. The Morgan fingerprint density at radius 2 is 1.85 bits per heavy atom. The van der Waals surface area contributed by atoms with Crippen LogP contribution in [-0.4, -0.2) is 79.7 Å². The fourth-order valence-electron chi connectivity index (χ4n) is 3.54. The number of aromatic nitrogens is 4.